The molecule has 1 aromatic heterocycles. The molecule has 2 heterocycles. The third kappa shape index (κ3) is 7.82. The van der Waals surface area contributed by atoms with Crippen LogP contribution in [-0.4, -0.2) is 75.2 Å². The Bertz CT molecular complexity index is 997. The summed E-state index contributed by atoms with van der Waals surface area (Å²) in [5.74, 6) is -2.88. The van der Waals surface area contributed by atoms with Crippen LogP contribution in [0.1, 0.15) is 24.1 Å². The lowest BCUT2D eigenvalue weighted by Crippen LogP contribution is -2.58. The third-order valence-electron chi connectivity index (χ3n) is 5.70. The summed E-state index contributed by atoms with van der Waals surface area (Å²) in [4.78, 5) is 57.2. The van der Waals surface area contributed by atoms with E-state index in [-0.39, 0.29) is 30.5 Å². The first kappa shape index (κ1) is 26.2. The molecule has 0 radical (unpaired) electrons. The lowest BCUT2D eigenvalue weighted by atomic mass is 10.0. The Labute approximate surface area is 208 Å². The quantitative estimate of drug-likeness (QED) is 0.191. The summed E-state index contributed by atoms with van der Waals surface area (Å²) < 4.78 is 0. The standard InChI is InChI=1S/C23H30N6O5S/c30-20(16-7-4-8-25-16)27-17(9-14-5-2-1-3-6-14)21(31)28-18(10-15-11-24-13-26-15)22(32)29-19(12-35)23(33)34/h1-3,5-6,11,13,16-19,25,35H,4,7-10,12H2,(H,24,26)(H,27,30)(H,28,31)(H,29,32)(H,33,34). The molecule has 0 bridgehead atoms. The second-order valence-electron chi connectivity index (χ2n) is 8.32. The van der Waals surface area contributed by atoms with Crippen molar-refractivity contribution in [2.75, 3.05) is 12.3 Å². The molecule has 11 nitrogen and oxygen atoms in total. The Morgan fingerprint density at radius 2 is 1.71 bits per heavy atom. The van der Waals surface area contributed by atoms with Gasteiger partial charge >= 0.3 is 5.97 Å². The van der Waals surface area contributed by atoms with Crippen molar-refractivity contribution in [3.8, 4) is 0 Å². The van der Waals surface area contributed by atoms with Crippen molar-refractivity contribution < 1.29 is 24.3 Å². The molecule has 3 rings (SSSR count). The van der Waals surface area contributed by atoms with Gasteiger partial charge in [-0.05, 0) is 24.9 Å². The number of aliphatic carboxylic acids is 1. The highest BCUT2D eigenvalue weighted by Crippen LogP contribution is 2.09. The molecule has 1 aliphatic heterocycles. The van der Waals surface area contributed by atoms with E-state index in [0.717, 1.165) is 18.5 Å². The number of aromatic nitrogens is 2. The molecule has 1 aliphatic rings. The molecule has 0 spiro atoms. The Kier molecular flexibility index (Phi) is 9.67. The lowest BCUT2D eigenvalue weighted by Gasteiger charge is -2.25. The van der Waals surface area contributed by atoms with E-state index >= 15 is 0 Å². The number of carboxylic acid groups (broad SMARTS) is 1. The van der Waals surface area contributed by atoms with Gasteiger partial charge in [0.1, 0.15) is 18.1 Å². The summed E-state index contributed by atoms with van der Waals surface area (Å²) in [6, 6.07) is 5.57. The molecular weight excluding hydrogens is 472 g/mol. The van der Waals surface area contributed by atoms with Gasteiger partial charge in [-0.2, -0.15) is 12.6 Å². The number of rotatable bonds is 12. The van der Waals surface area contributed by atoms with Gasteiger partial charge in [-0.25, -0.2) is 9.78 Å². The SMILES string of the molecule is O=C(O)C(CS)NC(=O)C(Cc1cnc[nH]1)NC(=O)C(Cc1ccccc1)NC(=O)C1CCCN1. The van der Waals surface area contributed by atoms with Gasteiger partial charge in [0, 0.05) is 30.5 Å². The second-order valence-corrected chi connectivity index (χ2v) is 8.69. The van der Waals surface area contributed by atoms with Crippen molar-refractivity contribution in [1.29, 1.82) is 0 Å². The summed E-state index contributed by atoms with van der Waals surface area (Å²) >= 11 is 3.97. The predicted octanol–water partition coefficient (Wildman–Crippen LogP) is -0.584. The summed E-state index contributed by atoms with van der Waals surface area (Å²) in [7, 11) is 0. The maximum Gasteiger partial charge on any atom is 0.327 e. The molecule has 1 saturated heterocycles. The number of imidazole rings is 1. The Morgan fingerprint density at radius 1 is 1.03 bits per heavy atom. The van der Waals surface area contributed by atoms with Gasteiger partial charge < -0.3 is 31.4 Å². The first-order valence-corrected chi connectivity index (χ1v) is 12.0. The minimum Gasteiger partial charge on any atom is -0.480 e. The summed E-state index contributed by atoms with van der Waals surface area (Å²) in [6.07, 6.45) is 4.76. The number of benzene rings is 1. The molecule has 0 saturated carbocycles. The number of carbonyl (C=O) groups is 4. The number of carbonyl (C=O) groups excluding carboxylic acids is 3. The van der Waals surface area contributed by atoms with Crippen LogP contribution in [0.3, 0.4) is 0 Å². The maximum atomic E-state index is 13.3. The van der Waals surface area contributed by atoms with E-state index in [1.807, 2.05) is 30.3 Å². The lowest BCUT2D eigenvalue weighted by molar-refractivity contribution is -0.141. The summed E-state index contributed by atoms with van der Waals surface area (Å²) in [6.45, 7) is 0.732. The van der Waals surface area contributed by atoms with E-state index in [9.17, 15) is 24.3 Å². The van der Waals surface area contributed by atoms with Crippen molar-refractivity contribution in [3.05, 3.63) is 54.1 Å². The Hall–Kier alpha value is -3.38. The van der Waals surface area contributed by atoms with Crippen LogP contribution in [-0.2, 0) is 32.0 Å². The fraction of sp³-hybridized carbons (Fsp3) is 0.435. The molecule has 188 valence electrons. The van der Waals surface area contributed by atoms with Gasteiger partial charge in [0.05, 0.1) is 12.4 Å². The third-order valence-corrected chi connectivity index (χ3v) is 6.07. The van der Waals surface area contributed by atoms with E-state index in [2.05, 4.69) is 43.9 Å². The molecule has 2 aromatic rings. The molecular formula is C23H30N6O5S. The molecule has 12 heteroatoms. The maximum absolute atomic E-state index is 13.3. The normalized spacial score (nSPS) is 17.7. The van der Waals surface area contributed by atoms with Crippen molar-refractivity contribution in [3.63, 3.8) is 0 Å². The number of aromatic amines is 1. The zero-order valence-electron chi connectivity index (χ0n) is 19.1. The molecule has 4 unspecified atom stereocenters. The molecule has 3 amide bonds. The first-order valence-electron chi connectivity index (χ1n) is 11.4. The van der Waals surface area contributed by atoms with E-state index in [0.29, 0.717) is 12.1 Å². The molecule has 35 heavy (non-hydrogen) atoms. The summed E-state index contributed by atoms with van der Waals surface area (Å²) in [5.41, 5.74) is 1.41. The number of H-pyrrole nitrogens is 1. The van der Waals surface area contributed by atoms with Crippen LogP contribution >= 0.6 is 12.6 Å². The second kappa shape index (κ2) is 12.9. The van der Waals surface area contributed by atoms with E-state index in [1.54, 1.807) is 0 Å². The van der Waals surface area contributed by atoms with Gasteiger partial charge in [-0.15, -0.1) is 0 Å². The van der Waals surface area contributed by atoms with Crippen LogP contribution in [0.5, 0.6) is 0 Å². The number of thiol groups is 1. The first-order chi connectivity index (χ1) is 16.9. The average molecular weight is 503 g/mol. The molecule has 1 fully saturated rings. The fourth-order valence-corrected chi connectivity index (χ4v) is 4.04. The van der Waals surface area contributed by atoms with Crippen LogP contribution in [0.2, 0.25) is 0 Å². The van der Waals surface area contributed by atoms with Crippen LogP contribution < -0.4 is 21.3 Å². The zero-order chi connectivity index (χ0) is 25.2. The number of hydrogen-bond acceptors (Lipinski definition) is 7. The monoisotopic (exact) mass is 502 g/mol. The van der Waals surface area contributed by atoms with Crippen LogP contribution in [0, 0.1) is 0 Å². The zero-order valence-corrected chi connectivity index (χ0v) is 20.0. The minimum atomic E-state index is -1.24. The van der Waals surface area contributed by atoms with Crippen molar-refractivity contribution in [2.24, 2.45) is 0 Å². The van der Waals surface area contributed by atoms with Gasteiger partial charge in [-0.3, -0.25) is 14.4 Å². The Balaban J connectivity index is 1.77. The molecule has 1 aromatic carbocycles. The molecule has 6 N–H and O–H groups in total. The highest BCUT2D eigenvalue weighted by atomic mass is 32.1. The number of amides is 3. The fourth-order valence-electron chi connectivity index (χ4n) is 3.80. The van der Waals surface area contributed by atoms with E-state index in [4.69, 9.17) is 0 Å². The molecule has 0 aliphatic carbocycles. The predicted molar refractivity (Wildman–Crippen MR) is 131 cm³/mol. The smallest absolute Gasteiger partial charge is 0.327 e. The topological polar surface area (TPSA) is 165 Å². The average Bonchev–Trinajstić information content (AvgIpc) is 3.56. The number of carboxylic acids is 1. The highest BCUT2D eigenvalue weighted by molar-refractivity contribution is 7.80. The van der Waals surface area contributed by atoms with Crippen molar-refractivity contribution in [1.82, 2.24) is 31.2 Å². The minimum absolute atomic E-state index is 0.0483. The van der Waals surface area contributed by atoms with E-state index in [1.165, 1.54) is 12.5 Å². The van der Waals surface area contributed by atoms with Gasteiger partial charge in [0.15, 0.2) is 0 Å². The largest absolute Gasteiger partial charge is 0.480 e. The van der Waals surface area contributed by atoms with Gasteiger partial charge in [0.25, 0.3) is 0 Å². The van der Waals surface area contributed by atoms with Crippen LogP contribution in [0.15, 0.2) is 42.9 Å². The number of hydrogen-bond donors (Lipinski definition) is 7. The van der Waals surface area contributed by atoms with Gasteiger partial charge in [0.2, 0.25) is 17.7 Å². The molecule has 4 atom stereocenters. The number of nitrogens with zero attached hydrogens (tertiary/aromatic N) is 1. The van der Waals surface area contributed by atoms with Crippen LogP contribution in [0.25, 0.3) is 0 Å². The summed E-state index contributed by atoms with van der Waals surface area (Å²) in [5, 5.41) is 20.3. The van der Waals surface area contributed by atoms with Crippen LogP contribution in [0.4, 0.5) is 0 Å². The Morgan fingerprint density at radius 3 is 2.29 bits per heavy atom. The number of nitrogens with one attached hydrogen (secondary N) is 5. The van der Waals surface area contributed by atoms with Crippen molar-refractivity contribution in [2.45, 2.75) is 49.9 Å². The van der Waals surface area contributed by atoms with E-state index < -0.39 is 35.9 Å². The van der Waals surface area contributed by atoms with Gasteiger partial charge in [-0.1, -0.05) is 30.3 Å². The highest BCUT2D eigenvalue weighted by Gasteiger charge is 2.31. The van der Waals surface area contributed by atoms with Crippen molar-refractivity contribution >= 4 is 36.3 Å².